The SMILES string of the molecule is Cl.NC1=N[C@H]2CCCC[C@H]2CC1. The first-order valence-electron chi connectivity index (χ1n) is 4.68. The molecule has 0 spiro atoms. The third-order valence-electron chi connectivity index (χ3n) is 2.97. The topological polar surface area (TPSA) is 38.4 Å². The van der Waals surface area contributed by atoms with Crippen LogP contribution in [0.15, 0.2) is 4.99 Å². The maximum atomic E-state index is 5.69. The molecular formula is C9H17ClN2. The summed E-state index contributed by atoms with van der Waals surface area (Å²) in [5.41, 5.74) is 5.69. The molecule has 0 radical (unpaired) electrons. The van der Waals surface area contributed by atoms with E-state index in [-0.39, 0.29) is 12.4 Å². The third kappa shape index (κ3) is 1.92. The van der Waals surface area contributed by atoms with E-state index in [1.807, 2.05) is 0 Å². The normalized spacial score (nSPS) is 34.5. The average Bonchev–Trinajstić information content (AvgIpc) is 2.04. The van der Waals surface area contributed by atoms with Crippen LogP contribution in [0.3, 0.4) is 0 Å². The summed E-state index contributed by atoms with van der Waals surface area (Å²) in [4.78, 5) is 4.50. The molecule has 0 saturated heterocycles. The average molecular weight is 189 g/mol. The highest BCUT2D eigenvalue weighted by molar-refractivity contribution is 5.85. The smallest absolute Gasteiger partial charge is 0.0940 e. The zero-order valence-electron chi connectivity index (χ0n) is 7.33. The van der Waals surface area contributed by atoms with E-state index in [1.165, 1.54) is 32.1 Å². The van der Waals surface area contributed by atoms with Gasteiger partial charge in [-0.3, -0.25) is 4.99 Å². The van der Waals surface area contributed by atoms with Gasteiger partial charge in [-0.15, -0.1) is 12.4 Å². The van der Waals surface area contributed by atoms with E-state index in [1.54, 1.807) is 0 Å². The Morgan fingerprint density at radius 1 is 1.17 bits per heavy atom. The number of fused-ring (bicyclic) bond motifs is 1. The van der Waals surface area contributed by atoms with E-state index in [4.69, 9.17) is 5.73 Å². The fourth-order valence-corrected chi connectivity index (χ4v) is 2.31. The molecule has 2 N–H and O–H groups in total. The van der Waals surface area contributed by atoms with Gasteiger partial charge in [0.2, 0.25) is 0 Å². The Morgan fingerprint density at radius 3 is 2.75 bits per heavy atom. The molecule has 12 heavy (non-hydrogen) atoms. The second kappa shape index (κ2) is 4.13. The number of halogens is 1. The molecule has 2 atom stereocenters. The van der Waals surface area contributed by atoms with Crippen molar-refractivity contribution in [3.05, 3.63) is 0 Å². The maximum absolute atomic E-state index is 5.69. The van der Waals surface area contributed by atoms with Crippen LogP contribution in [-0.2, 0) is 0 Å². The second-order valence-corrected chi connectivity index (χ2v) is 3.77. The van der Waals surface area contributed by atoms with Crippen LogP contribution in [0.25, 0.3) is 0 Å². The highest BCUT2D eigenvalue weighted by atomic mass is 35.5. The Hall–Kier alpha value is -0.240. The molecule has 2 aliphatic rings. The largest absolute Gasteiger partial charge is 0.387 e. The van der Waals surface area contributed by atoms with Gasteiger partial charge in [0.1, 0.15) is 0 Å². The Balaban J connectivity index is 0.000000720. The van der Waals surface area contributed by atoms with Gasteiger partial charge < -0.3 is 5.73 Å². The fraction of sp³-hybridized carbons (Fsp3) is 0.889. The number of nitrogens with zero attached hydrogens (tertiary/aromatic N) is 1. The van der Waals surface area contributed by atoms with Gasteiger partial charge in [-0.2, -0.15) is 0 Å². The van der Waals surface area contributed by atoms with Crippen LogP contribution in [0.2, 0.25) is 0 Å². The van der Waals surface area contributed by atoms with E-state index in [0.29, 0.717) is 6.04 Å². The van der Waals surface area contributed by atoms with Crippen LogP contribution < -0.4 is 5.73 Å². The lowest BCUT2D eigenvalue weighted by molar-refractivity contribution is 0.286. The summed E-state index contributed by atoms with van der Waals surface area (Å²) in [6.45, 7) is 0. The van der Waals surface area contributed by atoms with Crippen LogP contribution in [0, 0.1) is 5.92 Å². The molecule has 0 unspecified atom stereocenters. The van der Waals surface area contributed by atoms with Crippen molar-refractivity contribution in [2.75, 3.05) is 0 Å². The molecule has 2 nitrogen and oxygen atoms in total. The molecule has 0 bridgehead atoms. The lowest BCUT2D eigenvalue weighted by Gasteiger charge is -2.32. The molecule has 70 valence electrons. The summed E-state index contributed by atoms with van der Waals surface area (Å²) in [5.74, 6) is 1.77. The predicted octanol–water partition coefficient (Wildman–Crippen LogP) is 2.12. The summed E-state index contributed by atoms with van der Waals surface area (Å²) in [6.07, 6.45) is 7.78. The van der Waals surface area contributed by atoms with Gasteiger partial charge in [0, 0.05) is 6.42 Å². The summed E-state index contributed by atoms with van der Waals surface area (Å²) in [5, 5.41) is 0. The standard InChI is InChI=1S/C9H16N2.ClH/c10-9-6-5-7-3-1-2-4-8(7)11-9;/h7-8H,1-6H2,(H2,10,11);1H/t7-,8-;/m0./s1. The van der Waals surface area contributed by atoms with E-state index in [2.05, 4.69) is 4.99 Å². The zero-order valence-corrected chi connectivity index (χ0v) is 8.15. The van der Waals surface area contributed by atoms with Gasteiger partial charge >= 0.3 is 0 Å². The van der Waals surface area contributed by atoms with E-state index >= 15 is 0 Å². The second-order valence-electron chi connectivity index (χ2n) is 3.77. The molecular weight excluding hydrogens is 172 g/mol. The number of hydrogen-bond acceptors (Lipinski definition) is 2. The van der Waals surface area contributed by atoms with Gasteiger partial charge in [0.05, 0.1) is 11.9 Å². The Kier molecular flexibility index (Phi) is 3.39. The van der Waals surface area contributed by atoms with Crippen LogP contribution in [0.5, 0.6) is 0 Å². The van der Waals surface area contributed by atoms with Crippen molar-refractivity contribution in [1.29, 1.82) is 0 Å². The lowest BCUT2D eigenvalue weighted by Crippen LogP contribution is -2.31. The predicted molar refractivity (Wildman–Crippen MR) is 53.9 cm³/mol. The number of rotatable bonds is 0. The van der Waals surface area contributed by atoms with Crippen molar-refractivity contribution in [3.63, 3.8) is 0 Å². The summed E-state index contributed by atoms with van der Waals surface area (Å²) >= 11 is 0. The Bertz CT molecular complexity index is 179. The monoisotopic (exact) mass is 188 g/mol. The number of aliphatic imine (C=N–C) groups is 1. The minimum Gasteiger partial charge on any atom is -0.387 e. The number of nitrogens with two attached hydrogens (primary N) is 1. The molecule has 3 heteroatoms. The Labute approximate surface area is 80.0 Å². The molecule has 1 aliphatic carbocycles. The first-order chi connectivity index (χ1) is 5.36. The van der Waals surface area contributed by atoms with Crippen LogP contribution in [0.4, 0.5) is 0 Å². The molecule has 1 aliphatic heterocycles. The fourth-order valence-electron chi connectivity index (χ4n) is 2.31. The van der Waals surface area contributed by atoms with Crippen molar-refractivity contribution >= 4 is 18.2 Å². The summed E-state index contributed by atoms with van der Waals surface area (Å²) in [6, 6.07) is 0.595. The zero-order chi connectivity index (χ0) is 7.68. The van der Waals surface area contributed by atoms with Crippen molar-refractivity contribution in [2.24, 2.45) is 16.6 Å². The minimum atomic E-state index is 0. The minimum absolute atomic E-state index is 0. The lowest BCUT2D eigenvalue weighted by atomic mass is 9.80. The van der Waals surface area contributed by atoms with Gasteiger partial charge in [0.15, 0.2) is 0 Å². The third-order valence-corrected chi connectivity index (χ3v) is 2.97. The van der Waals surface area contributed by atoms with Crippen molar-refractivity contribution < 1.29 is 0 Å². The van der Waals surface area contributed by atoms with Gasteiger partial charge in [-0.05, 0) is 25.2 Å². The van der Waals surface area contributed by atoms with Gasteiger partial charge in [-0.25, -0.2) is 0 Å². The molecule has 1 fully saturated rings. The first-order valence-corrected chi connectivity index (χ1v) is 4.68. The van der Waals surface area contributed by atoms with Crippen molar-refractivity contribution in [2.45, 2.75) is 44.6 Å². The molecule has 2 rings (SSSR count). The van der Waals surface area contributed by atoms with Gasteiger partial charge in [-0.1, -0.05) is 12.8 Å². The molecule has 1 heterocycles. The molecule has 1 saturated carbocycles. The van der Waals surface area contributed by atoms with Crippen molar-refractivity contribution in [1.82, 2.24) is 0 Å². The van der Waals surface area contributed by atoms with Crippen LogP contribution in [0.1, 0.15) is 38.5 Å². The van der Waals surface area contributed by atoms with Crippen LogP contribution >= 0.6 is 12.4 Å². The number of hydrogen-bond donors (Lipinski definition) is 1. The number of amidine groups is 1. The highest BCUT2D eigenvalue weighted by Crippen LogP contribution is 2.32. The molecule has 0 aromatic rings. The highest BCUT2D eigenvalue weighted by Gasteiger charge is 2.27. The molecule has 0 amide bonds. The van der Waals surface area contributed by atoms with Crippen LogP contribution in [-0.4, -0.2) is 11.9 Å². The Morgan fingerprint density at radius 2 is 1.92 bits per heavy atom. The maximum Gasteiger partial charge on any atom is 0.0940 e. The summed E-state index contributed by atoms with van der Waals surface area (Å²) < 4.78 is 0. The first kappa shape index (κ1) is 9.85. The summed E-state index contributed by atoms with van der Waals surface area (Å²) in [7, 11) is 0. The molecule has 0 aromatic carbocycles. The molecule has 0 aromatic heterocycles. The van der Waals surface area contributed by atoms with E-state index in [0.717, 1.165) is 18.2 Å². The van der Waals surface area contributed by atoms with E-state index < -0.39 is 0 Å². The van der Waals surface area contributed by atoms with Gasteiger partial charge in [0.25, 0.3) is 0 Å². The quantitative estimate of drug-likeness (QED) is 0.622. The van der Waals surface area contributed by atoms with E-state index in [9.17, 15) is 0 Å². The van der Waals surface area contributed by atoms with Crippen molar-refractivity contribution in [3.8, 4) is 0 Å².